The van der Waals surface area contributed by atoms with Gasteiger partial charge in [-0.25, -0.2) is 4.98 Å². The first kappa shape index (κ1) is 20.0. The van der Waals surface area contributed by atoms with Crippen LogP contribution in [0.5, 0.6) is 11.5 Å². The highest BCUT2D eigenvalue weighted by Crippen LogP contribution is 2.45. The molecule has 178 valence electrons. The summed E-state index contributed by atoms with van der Waals surface area (Å²) in [5.41, 5.74) is 10.6. The van der Waals surface area contributed by atoms with Crippen molar-refractivity contribution in [1.29, 1.82) is 0 Å². The maximum atomic E-state index is 6.74. The molecule has 0 aliphatic carbocycles. The predicted molar refractivity (Wildman–Crippen MR) is 162 cm³/mol. The third-order valence-corrected chi connectivity index (χ3v) is 8.80. The fourth-order valence-corrected chi connectivity index (χ4v) is 7.34. The first-order valence-corrected chi connectivity index (χ1v) is 13.4. The van der Waals surface area contributed by atoms with Gasteiger partial charge in [0.2, 0.25) is 0 Å². The third-order valence-electron chi connectivity index (χ3n) is 8.80. The number of nitrogens with zero attached hydrogens (tertiary/aromatic N) is 2. The number of ether oxygens (including phenoxy) is 1. The van der Waals surface area contributed by atoms with Crippen LogP contribution < -0.4 is 21.1 Å². The molecule has 4 heterocycles. The molecule has 0 N–H and O–H groups in total. The molecule has 0 fully saturated rings. The van der Waals surface area contributed by atoms with Crippen LogP contribution in [-0.2, 0) is 0 Å². The zero-order valence-electron chi connectivity index (χ0n) is 20.8. The van der Waals surface area contributed by atoms with E-state index in [1.807, 2.05) is 0 Å². The van der Waals surface area contributed by atoms with Crippen molar-refractivity contribution in [3.63, 3.8) is 0 Å². The van der Waals surface area contributed by atoms with Crippen LogP contribution >= 0.6 is 0 Å². The lowest BCUT2D eigenvalue weighted by molar-refractivity contribution is 0.488. The highest BCUT2D eigenvalue weighted by atomic mass is 16.5. The molecule has 0 atom stereocenters. The molecule has 2 aromatic heterocycles. The lowest BCUT2D eigenvalue weighted by Crippen LogP contribution is -2.57. The van der Waals surface area contributed by atoms with Gasteiger partial charge < -0.3 is 4.74 Å². The zero-order valence-corrected chi connectivity index (χ0v) is 20.8. The Labute approximate surface area is 224 Å². The van der Waals surface area contributed by atoms with E-state index >= 15 is 0 Å². The van der Waals surface area contributed by atoms with E-state index in [4.69, 9.17) is 9.72 Å². The summed E-state index contributed by atoms with van der Waals surface area (Å²) in [7, 11) is 0. The van der Waals surface area contributed by atoms with Crippen LogP contribution in [0, 0.1) is 0 Å². The molecular formula is C35H19BN2O. The highest BCUT2D eigenvalue weighted by molar-refractivity contribution is 7.00. The van der Waals surface area contributed by atoms with Gasteiger partial charge in [-0.1, -0.05) is 90.4 Å². The van der Waals surface area contributed by atoms with Gasteiger partial charge in [-0.05, 0) is 63.2 Å². The zero-order chi connectivity index (χ0) is 25.2. The number of fused-ring (bicyclic) bond motifs is 13. The Morgan fingerprint density at radius 1 is 0.615 bits per heavy atom. The predicted octanol–water partition coefficient (Wildman–Crippen LogP) is 6.55. The van der Waals surface area contributed by atoms with Crippen LogP contribution in [0.2, 0.25) is 0 Å². The number of hydrogen-bond acceptors (Lipinski definition) is 2. The normalized spacial score (nSPS) is 13.3. The Bertz CT molecular complexity index is 2380. The lowest BCUT2D eigenvalue weighted by atomic mass is 9.32. The van der Waals surface area contributed by atoms with E-state index in [0.29, 0.717) is 0 Å². The maximum absolute atomic E-state index is 6.74. The van der Waals surface area contributed by atoms with Crippen molar-refractivity contribution < 1.29 is 4.74 Å². The van der Waals surface area contributed by atoms with Crippen LogP contribution in [0.4, 0.5) is 0 Å². The number of imidazole rings is 1. The van der Waals surface area contributed by atoms with E-state index in [-0.39, 0.29) is 6.71 Å². The van der Waals surface area contributed by atoms with Crippen LogP contribution in [0.3, 0.4) is 0 Å². The molecule has 0 saturated carbocycles. The molecule has 39 heavy (non-hydrogen) atoms. The van der Waals surface area contributed by atoms with Crippen LogP contribution in [0.25, 0.3) is 60.3 Å². The van der Waals surface area contributed by atoms with Gasteiger partial charge in [0.15, 0.2) is 0 Å². The largest absolute Gasteiger partial charge is 0.458 e. The van der Waals surface area contributed by atoms with Crippen molar-refractivity contribution in [2.45, 2.75) is 0 Å². The summed E-state index contributed by atoms with van der Waals surface area (Å²) in [5.74, 6) is 1.86. The minimum absolute atomic E-state index is 0.108. The first-order valence-electron chi connectivity index (χ1n) is 13.4. The average Bonchev–Trinajstić information content (AvgIpc) is 3.39. The molecule has 0 amide bonds. The molecule has 8 aromatic rings. The Morgan fingerprint density at radius 3 is 2.33 bits per heavy atom. The van der Waals surface area contributed by atoms with Gasteiger partial charge in [-0.15, -0.1) is 0 Å². The van der Waals surface area contributed by atoms with Gasteiger partial charge in [-0.3, -0.25) is 4.40 Å². The summed E-state index contributed by atoms with van der Waals surface area (Å²) >= 11 is 0. The van der Waals surface area contributed by atoms with Crippen LogP contribution in [0.1, 0.15) is 0 Å². The van der Waals surface area contributed by atoms with Crippen molar-refractivity contribution in [1.82, 2.24) is 9.38 Å². The second-order valence-electron chi connectivity index (χ2n) is 10.7. The van der Waals surface area contributed by atoms with Crippen molar-refractivity contribution in [2.75, 3.05) is 0 Å². The van der Waals surface area contributed by atoms with Gasteiger partial charge in [0, 0.05) is 16.2 Å². The van der Waals surface area contributed by atoms with Crippen LogP contribution in [0.15, 0.2) is 115 Å². The molecule has 0 radical (unpaired) electrons. The first-order chi connectivity index (χ1) is 19.4. The fraction of sp³-hybridized carbons (Fsp3) is 0. The molecule has 0 saturated heterocycles. The number of aromatic nitrogens is 2. The van der Waals surface area contributed by atoms with Crippen molar-refractivity contribution in [3.8, 4) is 22.6 Å². The topological polar surface area (TPSA) is 26.5 Å². The summed E-state index contributed by atoms with van der Waals surface area (Å²) in [6.45, 7) is 0.108. The maximum Gasteiger partial charge on any atom is 0.252 e. The summed E-state index contributed by atoms with van der Waals surface area (Å²) in [4.78, 5) is 5.20. The molecule has 6 aromatic carbocycles. The number of benzene rings is 6. The van der Waals surface area contributed by atoms with E-state index in [0.717, 1.165) is 33.6 Å². The molecule has 2 aliphatic rings. The van der Waals surface area contributed by atoms with Crippen molar-refractivity contribution >= 4 is 72.2 Å². The third kappa shape index (κ3) is 2.34. The average molecular weight is 494 g/mol. The van der Waals surface area contributed by atoms with Crippen LogP contribution in [-0.4, -0.2) is 16.1 Å². The summed E-state index contributed by atoms with van der Waals surface area (Å²) in [5, 5.41) is 6.21. The standard InChI is InChI=1S/C35H19BN2O/c1-4-16-27-21(11-1)32-23(35-37-26-15-3-5-17-28(26)38(27)35)19-30-34-33(32)22-12-7-9-20-10-8-14-25(31(20)22)36(34)24-13-2-6-18-29(24)39-30/h1-19H. The van der Waals surface area contributed by atoms with E-state index in [2.05, 4.69) is 120 Å². The number of pyridine rings is 1. The van der Waals surface area contributed by atoms with Gasteiger partial charge in [-0.2, -0.15) is 0 Å². The molecule has 10 rings (SSSR count). The summed E-state index contributed by atoms with van der Waals surface area (Å²) in [6, 6.07) is 41.4. The smallest absolute Gasteiger partial charge is 0.252 e. The van der Waals surface area contributed by atoms with Crippen molar-refractivity contribution in [2.24, 2.45) is 0 Å². The summed E-state index contributed by atoms with van der Waals surface area (Å²) < 4.78 is 9.06. The van der Waals surface area contributed by atoms with Gasteiger partial charge in [0.1, 0.15) is 17.1 Å². The second-order valence-corrected chi connectivity index (χ2v) is 10.7. The minimum atomic E-state index is 0.108. The molecule has 0 bridgehead atoms. The van der Waals surface area contributed by atoms with E-state index in [1.165, 1.54) is 54.6 Å². The number of hydrogen-bond donors (Lipinski definition) is 0. The number of para-hydroxylation sites is 4. The molecule has 4 heteroatoms. The van der Waals surface area contributed by atoms with E-state index < -0.39 is 0 Å². The van der Waals surface area contributed by atoms with Gasteiger partial charge in [0.05, 0.1) is 16.6 Å². The highest BCUT2D eigenvalue weighted by Gasteiger charge is 2.40. The Balaban J connectivity index is 1.53. The molecular weight excluding hydrogens is 475 g/mol. The monoisotopic (exact) mass is 494 g/mol. The van der Waals surface area contributed by atoms with Crippen molar-refractivity contribution in [3.05, 3.63) is 115 Å². The van der Waals surface area contributed by atoms with E-state index in [9.17, 15) is 0 Å². The SMILES string of the molecule is c1ccc2c(c1)Oc1cc3c(c4c1B2c1cccc2cccc-4c12)c1ccccc1n1c2ccccc2nc31. The molecule has 0 spiro atoms. The molecule has 0 unspecified atom stereocenters. The van der Waals surface area contributed by atoms with E-state index in [1.54, 1.807) is 0 Å². The molecule has 3 nitrogen and oxygen atoms in total. The molecule has 2 aliphatic heterocycles. The Hall–Kier alpha value is -5.09. The summed E-state index contributed by atoms with van der Waals surface area (Å²) in [6.07, 6.45) is 0. The van der Waals surface area contributed by atoms with Gasteiger partial charge in [0.25, 0.3) is 6.71 Å². The second kappa shape index (κ2) is 6.86. The fourth-order valence-electron chi connectivity index (χ4n) is 7.34. The van der Waals surface area contributed by atoms with Gasteiger partial charge >= 0.3 is 0 Å². The number of rotatable bonds is 0. The Kier molecular flexibility index (Phi) is 3.51. The lowest BCUT2D eigenvalue weighted by Gasteiger charge is -2.34. The quantitative estimate of drug-likeness (QED) is 0.177. The Morgan fingerprint density at radius 2 is 1.38 bits per heavy atom. The minimum Gasteiger partial charge on any atom is -0.458 e.